The van der Waals surface area contributed by atoms with Crippen LogP contribution in [0.2, 0.25) is 0 Å². The number of pyridine rings is 1. The molecule has 108 valence electrons. The summed E-state index contributed by atoms with van der Waals surface area (Å²) in [5.41, 5.74) is 2.48. The van der Waals surface area contributed by atoms with Gasteiger partial charge in [-0.15, -0.1) is 0 Å². The van der Waals surface area contributed by atoms with Gasteiger partial charge in [0.2, 0.25) is 0 Å². The van der Waals surface area contributed by atoms with Gasteiger partial charge < -0.3 is 10.3 Å². The van der Waals surface area contributed by atoms with Crippen molar-refractivity contribution in [1.29, 1.82) is 0 Å². The number of aromatic amines is 1. The normalized spacial score (nSPS) is 11.4. The molecule has 0 radical (unpaired) electrons. The maximum atomic E-state index is 4.61. The summed E-state index contributed by atoms with van der Waals surface area (Å²) in [6.45, 7) is 7.51. The van der Waals surface area contributed by atoms with Gasteiger partial charge in [0.05, 0.1) is 5.39 Å². The molecule has 0 saturated heterocycles. The van der Waals surface area contributed by atoms with E-state index < -0.39 is 0 Å². The standard InChI is InChI=1S/C17H15N5/c1-3-5-12(4-2)15-21-16-14(8-11-19-16)17(22-15)20-13-6-9-18-10-7-13/h3-11H,1-2H2,(H2,18,19,20,21,22)/b12-5+. The van der Waals surface area contributed by atoms with Crippen molar-refractivity contribution in [3.63, 3.8) is 0 Å². The van der Waals surface area contributed by atoms with E-state index in [1.807, 2.05) is 30.5 Å². The first-order valence-corrected chi connectivity index (χ1v) is 6.79. The van der Waals surface area contributed by atoms with Crippen molar-refractivity contribution < 1.29 is 0 Å². The number of nitrogens with zero attached hydrogens (tertiary/aromatic N) is 3. The van der Waals surface area contributed by atoms with Crippen LogP contribution in [0.25, 0.3) is 16.6 Å². The minimum Gasteiger partial charge on any atom is -0.346 e. The summed E-state index contributed by atoms with van der Waals surface area (Å²) >= 11 is 0. The van der Waals surface area contributed by atoms with Crippen LogP contribution in [0.3, 0.4) is 0 Å². The number of hydrogen-bond donors (Lipinski definition) is 2. The maximum absolute atomic E-state index is 4.61. The van der Waals surface area contributed by atoms with Crippen LogP contribution in [-0.2, 0) is 0 Å². The number of fused-ring (bicyclic) bond motifs is 1. The molecular formula is C17H15N5. The number of hydrogen-bond acceptors (Lipinski definition) is 4. The van der Waals surface area contributed by atoms with Crippen molar-refractivity contribution in [2.75, 3.05) is 5.32 Å². The van der Waals surface area contributed by atoms with Gasteiger partial charge in [0, 0.05) is 29.9 Å². The van der Waals surface area contributed by atoms with E-state index in [-0.39, 0.29) is 0 Å². The Kier molecular flexibility index (Phi) is 3.78. The van der Waals surface area contributed by atoms with E-state index in [9.17, 15) is 0 Å². The van der Waals surface area contributed by atoms with Crippen molar-refractivity contribution in [1.82, 2.24) is 19.9 Å². The molecule has 0 aliphatic heterocycles. The third-order valence-corrected chi connectivity index (χ3v) is 3.13. The quantitative estimate of drug-likeness (QED) is 0.700. The van der Waals surface area contributed by atoms with Gasteiger partial charge in [-0.2, -0.15) is 0 Å². The molecule has 0 amide bonds. The number of rotatable bonds is 5. The molecule has 3 aromatic rings. The number of anilines is 2. The van der Waals surface area contributed by atoms with Gasteiger partial charge in [-0.3, -0.25) is 4.98 Å². The van der Waals surface area contributed by atoms with Crippen LogP contribution in [0.5, 0.6) is 0 Å². The third-order valence-electron chi connectivity index (χ3n) is 3.13. The van der Waals surface area contributed by atoms with E-state index in [4.69, 9.17) is 0 Å². The van der Waals surface area contributed by atoms with Gasteiger partial charge in [0.25, 0.3) is 0 Å². The predicted molar refractivity (Wildman–Crippen MR) is 89.8 cm³/mol. The fourth-order valence-corrected chi connectivity index (χ4v) is 2.10. The molecule has 0 fully saturated rings. The van der Waals surface area contributed by atoms with Crippen LogP contribution in [-0.4, -0.2) is 19.9 Å². The zero-order chi connectivity index (χ0) is 15.4. The number of aromatic nitrogens is 4. The molecular weight excluding hydrogens is 274 g/mol. The summed E-state index contributed by atoms with van der Waals surface area (Å²) in [7, 11) is 0. The molecule has 0 aromatic carbocycles. The van der Waals surface area contributed by atoms with Gasteiger partial charge in [0.1, 0.15) is 11.5 Å². The lowest BCUT2D eigenvalue weighted by Gasteiger charge is -2.09. The molecule has 0 atom stereocenters. The minimum absolute atomic E-state index is 0.585. The summed E-state index contributed by atoms with van der Waals surface area (Å²) in [4.78, 5) is 16.3. The van der Waals surface area contributed by atoms with Gasteiger partial charge in [-0.05, 0) is 18.2 Å². The van der Waals surface area contributed by atoms with E-state index in [0.717, 1.165) is 28.1 Å². The van der Waals surface area contributed by atoms with Crippen molar-refractivity contribution in [2.24, 2.45) is 0 Å². The molecule has 22 heavy (non-hydrogen) atoms. The van der Waals surface area contributed by atoms with Crippen molar-refractivity contribution in [3.8, 4) is 0 Å². The molecule has 3 aromatic heterocycles. The average molecular weight is 289 g/mol. The zero-order valence-electron chi connectivity index (χ0n) is 12.0. The average Bonchev–Trinajstić information content (AvgIpc) is 3.02. The fraction of sp³-hybridized carbons (Fsp3) is 0. The Labute approximate surface area is 128 Å². The molecule has 0 aliphatic rings. The highest BCUT2D eigenvalue weighted by atomic mass is 15.1. The second kappa shape index (κ2) is 6.05. The molecule has 0 aliphatic carbocycles. The van der Waals surface area contributed by atoms with E-state index >= 15 is 0 Å². The Hall–Kier alpha value is -3.21. The molecule has 5 heteroatoms. The van der Waals surface area contributed by atoms with Crippen LogP contribution in [0.1, 0.15) is 5.82 Å². The van der Waals surface area contributed by atoms with Crippen LogP contribution >= 0.6 is 0 Å². The highest BCUT2D eigenvalue weighted by molar-refractivity contribution is 5.90. The summed E-state index contributed by atoms with van der Waals surface area (Å²) in [5.74, 6) is 1.31. The molecule has 0 saturated carbocycles. The van der Waals surface area contributed by atoms with E-state index in [0.29, 0.717) is 5.82 Å². The SMILES string of the molecule is C=C/C=C(\C=C)c1nc(Nc2ccncc2)c2cc[nH]c2n1. The first-order chi connectivity index (χ1) is 10.8. The van der Waals surface area contributed by atoms with Crippen LogP contribution < -0.4 is 5.32 Å². The Balaban J connectivity index is 2.12. The number of H-pyrrole nitrogens is 1. The lowest BCUT2D eigenvalue weighted by molar-refractivity contribution is 1.15. The largest absolute Gasteiger partial charge is 0.346 e. The van der Waals surface area contributed by atoms with Crippen molar-refractivity contribution in [2.45, 2.75) is 0 Å². The predicted octanol–water partition coefficient (Wildman–Crippen LogP) is 3.85. The smallest absolute Gasteiger partial charge is 0.163 e. The zero-order valence-corrected chi connectivity index (χ0v) is 12.0. The second-order valence-corrected chi connectivity index (χ2v) is 4.56. The van der Waals surface area contributed by atoms with Crippen LogP contribution in [0, 0.1) is 0 Å². The topological polar surface area (TPSA) is 66.5 Å². The summed E-state index contributed by atoms with van der Waals surface area (Å²) in [6, 6.07) is 5.70. The van der Waals surface area contributed by atoms with Crippen molar-refractivity contribution in [3.05, 3.63) is 74.0 Å². The van der Waals surface area contributed by atoms with Gasteiger partial charge in [-0.1, -0.05) is 31.4 Å². The highest BCUT2D eigenvalue weighted by Gasteiger charge is 2.10. The Morgan fingerprint density at radius 1 is 1.14 bits per heavy atom. The Morgan fingerprint density at radius 3 is 2.68 bits per heavy atom. The molecule has 5 nitrogen and oxygen atoms in total. The third kappa shape index (κ3) is 2.64. The van der Waals surface area contributed by atoms with Gasteiger partial charge >= 0.3 is 0 Å². The van der Waals surface area contributed by atoms with E-state index in [2.05, 4.69) is 38.4 Å². The van der Waals surface area contributed by atoms with Gasteiger partial charge in [-0.25, -0.2) is 9.97 Å². The first-order valence-electron chi connectivity index (χ1n) is 6.79. The van der Waals surface area contributed by atoms with E-state index in [1.165, 1.54) is 0 Å². The summed E-state index contributed by atoms with van der Waals surface area (Å²) in [5, 5.41) is 4.22. The molecule has 3 heterocycles. The fourth-order valence-electron chi connectivity index (χ4n) is 2.10. The molecule has 0 spiro atoms. The lowest BCUT2D eigenvalue weighted by Crippen LogP contribution is -2.00. The monoisotopic (exact) mass is 289 g/mol. The van der Waals surface area contributed by atoms with Crippen LogP contribution in [0.4, 0.5) is 11.5 Å². The van der Waals surface area contributed by atoms with Crippen LogP contribution in [0.15, 0.2) is 68.2 Å². The highest BCUT2D eigenvalue weighted by Crippen LogP contribution is 2.25. The number of nitrogens with one attached hydrogen (secondary N) is 2. The van der Waals surface area contributed by atoms with E-state index in [1.54, 1.807) is 24.5 Å². The summed E-state index contributed by atoms with van der Waals surface area (Å²) < 4.78 is 0. The van der Waals surface area contributed by atoms with Crippen molar-refractivity contribution >= 4 is 28.1 Å². The lowest BCUT2D eigenvalue weighted by atomic mass is 10.2. The molecule has 3 rings (SSSR count). The number of allylic oxidation sites excluding steroid dienone is 4. The van der Waals surface area contributed by atoms with Gasteiger partial charge in [0.15, 0.2) is 5.82 Å². The molecule has 0 bridgehead atoms. The molecule has 2 N–H and O–H groups in total. The Bertz CT molecular complexity index is 846. The second-order valence-electron chi connectivity index (χ2n) is 4.56. The molecule has 0 unspecified atom stereocenters. The first kappa shape index (κ1) is 13.8. The Morgan fingerprint density at radius 2 is 1.95 bits per heavy atom. The summed E-state index contributed by atoms with van der Waals surface area (Å²) in [6.07, 6.45) is 10.5. The minimum atomic E-state index is 0.585. The maximum Gasteiger partial charge on any atom is 0.163 e.